The topological polar surface area (TPSA) is 99.3 Å². The molecule has 0 aliphatic carbocycles. The maximum Gasteiger partial charge on any atom is 0.265 e. The molecule has 2 heterocycles. The third-order valence-corrected chi connectivity index (χ3v) is 6.93. The van der Waals surface area contributed by atoms with Gasteiger partial charge >= 0.3 is 0 Å². The Morgan fingerprint density at radius 1 is 1.09 bits per heavy atom. The molecule has 0 aromatic heterocycles. The highest BCUT2D eigenvalue weighted by Gasteiger charge is 2.28. The average Bonchev–Trinajstić information content (AvgIpc) is 2.76. The van der Waals surface area contributed by atoms with Crippen LogP contribution in [-0.4, -0.2) is 70.1 Å². The smallest absolute Gasteiger partial charge is 0.265 e. The monoisotopic (exact) mass is 478 g/mol. The van der Waals surface area contributed by atoms with Gasteiger partial charge in [0.1, 0.15) is 12.3 Å². The van der Waals surface area contributed by atoms with Gasteiger partial charge < -0.3 is 15.0 Å². The molecule has 0 spiro atoms. The number of hydrogen-bond acceptors (Lipinski definition) is 6. The molecule has 170 valence electrons. The Kier molecular flexibility index (Phi) is 6.27. The summed E-state index contributed by atoms with van der Waals surface area (Å²) in [7, 11) is -3.23. The third-order valence-electron chi connectivity index (χ3n) is 5.39. The first-order chi connectivity index (χ1) is 15.2. The number of amides is 2. The van der Waals surface area contributed by atoms with Crippen molar-refractivity contribution in [3.05, 3.63) is 47.5 Å². The summed E-state index contributed by atoms with van der Waals surface area (Å²) in [5.41, 5.74) is 1.84. The molecule has 32 heavy (non-hydrogen) atoms. The molecule has 2 aliphatic heterocycles. The lowest BCUT2D eigenvalue weighted by atomic mass is 10.2. The van der Waals surface area contributed by atoms with Crippen LogP contribution in [0, 0.1) is 0 Å². The van der Waals surface area contributed by atoms with Crippen LogP contribution in [0.1, 0.15) is 0 Å². The second kappa shape index (κ2) is 8.97. The number of halogens is 1. The number of carbonyl (C=O) groups excluding carboxylic acids is 2. The number of fused-ring (bicyclic) bond motifs is 1. The van der Waals surface area contributed by atoms with Crippen molar-refractivity contribution in [2.24, 2.45) is 0 Å². The van der Waals surface area contributed by atoms with E-state index in [1.54, 1.807) is 30.3 Å². The predicted molar refractivity (Wildman–Crippen MR) is 123 cm³/mol. The molecule has 2 aromatic carbocycles. The Morgan fingerprint density at radius 2 is 1.81 bits per heavy atom. The van der Waals surface area contributed by atoms with E-state index in [0.29, 0.717) is 48.3 Å². The molecule has 1 N–H and O–H groups in total. The minimum atomic E-state index is -3.23. The average molecular weight is 479 g/mol. The van der Waals surface area contributed by atoms with E-state index in [2.05, 4.69) is 5.32 Å². The summed E-state index contributed by atoms with van der Waals surface area (Å²) in [6.45, 7) is 1.43. The lowest BCUT2D eigenvalue weighted by Crippen LogP contribution is -2.48. The van der Waals surface area contributed by atoms with Gasteiger partial charge in [0.2, 0.25) is 15.9 Å². The summed E-state index contributed by atoms with van der Waals surface area (Å²) in [6, 6.07) is 12.2. The fourth-order valence-electron chi connectivity index (χ4n) is 3.80. The van der Waals surface area contributed by atoms with Gasteiger partial charge in [-0.15, -0.1) is 0 Å². The van der Waals surface area contributed by atoms with Crippen LogP contribution in [0.15, 0.2) is 42.5 Å². The molecule has 2 aromatic rings. The molecule has 0 bridgehead atoms. The number of rotatable bonds is 5. The highest BCUT2D eigenvalue weighted by molar-refractivity contribution is 7.88. The van der Waals surface area contributed by atoms with Gasteiger partial charge in [-0.2, -0.15) is 4.31 Å². The number of hydrogen-bond donors (Lipinski definition) is 1. The second-order valence-electron chi connectivity index (χ2n) is 7.60. The van der Waals surface area contributed by atoms with Gasteiger partial charge in [-0.1, -0.05) is 23.7 Å². The van der Waals surface area contributed by atoms with Crippen molar-refractivity contribution in [3.63, 3.8) is 0 Å². The van der Waals surface area contributed by atoms with Gasteiger partial charge in [-0.05, 0) is 30.3 Å². The maximum absolute atomic E-state index is 12.9. The summed E-state index contributed by atoms with van der Waals surface area (Å²) in [4.78, 5) is 28.6. The quantitative estimate of drug-likeness (QED) is 0.703. The van der Waals surface area contributed by atoms with E-state index >= 15 is 0 Å². The van der Waals surface area contributed by atoms with Crippen molar-refractivity contribution >= 4 is 50.5 Å². The molecule has 11 heteroatoms. The Hall–Kier alpha value is -2.82. The van der Waals surface area contributed by atoms with E-state index in [1.165, 1.54) is 15.5 Å². The molecule has 0 saturated carbocycles. The van der Waals surface area contributed by atoms with Crippen LogP contribution in [-0.2, 0) is 19.6 Å². The summed E-state index contributed by atoms with van der Waals surface area (Å²) in [5.74, 6) is -0.209. The molecule has 2 amide bonds. The number of nitrogens with one attached hydrogen (secondary N) is 1. The molecule has 1 fully saturated rings. The molecule has 0 radical (unpaired) electrons. The van der Waals surface area contributed by atoms with Gasteiger partial charge in [0, 0.05) is 31.2 Å². The molecule has 2 aliphatic rings. The highest BCUT2D eigenvalue weighted by Crippen LogP contribution is 2.34. The summed E-state index contributed by atoms with van der Waals surface area (Å²) in [5, 5.41) is 3.32. The molecular weight excluding hydrogens is 456 g/mol. The number of nitrogens with zero attached hydrogens (tertiary/aromatic N) is 3. The van der Waals surface area contributed by atoms with Crippen LogP contribution >= 0.6 is 11.6 Å². The van der Waals surface area contributed by atoms with Gasteiger partial charge in [0.25, 0.3) is 5.91 Å². The fraction of sp³-hybridized carbons (Fsp3) is 0.333. The van der Waals surface area contributed by atoms with E-state index < -0.39 is 10.0 Å². The molecule has 9 nitrogen and oxygen atoms in total. The highest BCUT2D eigenvalue weighted by atomic mass is 35.5. The fourth-order valence-corrected chi connectivity index (χ4v) is 4.79. The van der Waals surface area contributed by atoms with Crippen molar-refractivity contribution in [2.45, 2.75) is 0 Å². The van der Waals surface area contributed by atoms with E-state index in [-0.39, 0.29) is 25.0 Å². The van der Waals surface area contributed by atoms with Crippen LogP contribution < -0.4 is 19.9 Å². The number of para-hydroxylation sites is 2. The van der Waals surface area contributed by atoms with Gasteiger partial charge in [-0.3, -0.25) is 14.5 Å². The lowest BCUT2D eigenvalue weighted by Gasteiger charge is -2.35. The van der Waals surface area contributed by atoms with Gasteiger partial charge in [0.05, 0.1) is 23.3 Å². The van der Waals surface area contributed by atoms with Gasteiger partial charge in [-0.25, -0.2) is 8.42 Å². The molecule has 0 atom stereocenters. The van der Waals surface area contributed by atoms with Crippen LogP contribution in [0.3, 0.4) is 0 Å². The van der Waals surface area contributed by atoms with Crippen molar-refractivity contribution < 1.29 is 22.7 Å². The van der Waals surface area contributed by atoms with Crippen LogP contribution in [0.5, 0.6) is 5.75 Å². The van der Waals surface area contributed by atoms with E-state index in [9.17, 15) is 18.0 Å². The van der Waals surface area contributed by atoms with Crippen LogP contribution in [0.4, 0.5) is 17.1 Å². The first-order valence-electron chi connectivity index (χ1n) is 10.0. The van der Waals surface area contributed by atoms with Crippen molar-refractivity contribution in [3.8, 4) is 5.75 Å². The lowest BCUT2D eigenvalue weighted by molar-refractivity contribution is -0.123. The van der Waals surface area contributed by atoms with E-state index in [0.717, 1.165) is 5.69 Å². The number of carbonyl (C=O) groups is 2. The van der Waals surface area contributed by atoms with E-state index in [4.69, 9.17) is 16.3 Å². The molecule has 1 saturated heterocycles. The first kappa shape index (κ1) is 22.4. The van der Waals surface area contributed by atoms with Crippen molar-refractivity contribution in [2.75, 3.05) is 60.7 Å². The minimum Gasteiger partial charge on any atom is -0.482 e. The zero-order valence-corrected chi connectivity index (χ0v) is 19.0. The minimum absolute atomic E-state index is 0.150. The van der Waals surface area contributed by atoms with Crippen molar-refractivity contribution in [1.29, 1.82) is 0 Å². The number of benzene rings is 2. The SMILES string of the molecule is CS(=O)(=O)N1CCN(c2ccccc2NC(=O)CN2C(=O)COc3ccc(Cl)cc32)CC1. The van der Waals surface area contributed by atoms with Gasteiger partial charge in [0.15, 0.2) is 6.61 Å². The summed E-state index contributed by atoms with van der Waals surface area (Å²) in [6.07, 6.45) is 1.20. The normalized spacial score (nSPS) is 17.0. The standard InChI is InChI=1S/C21H23ClN4O5S/c1-32(29,30)25-10-8-24(9-11-25)17-5-3-2-4-16(17)23-20(27)13-26-18-12-15(22)6-7-19(18)31-14-21(26)28/h2-7,12H,8-11,13-14H2,1H3,(H,23,27). The Morgan fingerprint density at radius 3 is 2.53 bits per heavy atom. The van der Waals surface area contributed by atoms with Crippen molar-refractivity contribution in [1.82, 2.24) is 4.31 Å². The molecule has 0 unspecified atom stereocenters. The summed E-state index contributed by atoms with van der Waals surface area (Å²) < 4.78 is 30.4. The summed E-state index contributed by atoms with van der Waals surface area (Å²) >= 11 is 6.06. The second-order valence-corrected chi connectivity index (χ2v) is 10.0. The zero-order chi connectivity index (χ0) is 22.9. The Labute approximate surface area is 191 Å². The number of sulfonamides is 1. The number of ether oxygens (including phenoxy) is 1. The maximum atomic E-state index is 12.9. The van der Waals surface area contributed by atoms with E-state index in [1.807, 2.05) is 17.0 Å². The Balaban J connectivity index is 1.48. The predicted octanol–water partition coefficient (Wildman–Crippen LogP) is 1.79. The van der Waals surface area contributed by atoms with Crippen LogP contribution in [0.2, 0.25) is 5.02 Å². The molecular formula is C21H23ClN4O5S. The largest absolute Gasteiger partial charge is 0.482 e. The number of anilines is 3. The molecule has 4 rings (SSSR count). The Bertz CT molecular complexity index is 1150. The first-order valence-corrected chi connectivity index (χ1v) is 12.3. The zero-order valence-electron chi connectivity index (χ0n) is 17.5. The third kappa shape index (κ3) is 4.82. The number of piperazine rings is 1. The van der Waals surface area contributed by atoms with Crippen LogP contribution in [0.25, 0.3) is 0 Å².